The van der Waals surface area contributed by atoms with Gasteiger partial charge in [0.15, 0.2) is 29.3 Å². The fourth-order valence-electron chi connectivity index (χ4n) is 7.69. The van der Waals surface area contributed by atoms with Crippen LogP contribution in [0, 0.1) is 17.8 Å². The van der Waals surface area contributed by atoms with Gasteiger partial charge in [-0.3, -0.25) is 4.79 Å². The van der Waals surface area contributed by atoms with Gasteiger partial charge in [0.2, 0.25) is 12.5 Å². The maximum absolute atomic E-state index is 13.5. The van der Waals surface area contributed by atoms with Gasteiger partial charge in [0.25, 0.3) is 0 Å². The van der Waals surface area contributed by atoms with Crippen molar-refractivity contribution in [2.45, 2.75) is 49.1 Å². The molecule has 3 N–H and O–H groups in total. The Bertz CT molecular complexity index is 1600. The number of fused-ring (bicyclic) bond motifs is 4. The molecule has 3 aromatic rings. The molecule has 5 aliphatic rings. The summed E-state index contributed by atoms with van der Waals surface area (Å²) < 4.78 is 47.0. The van der Waals surface area contributed by atoms with E-state index >= 15 is 0 Å². The second-order valence-corrected chi connectivity index (χ2v) is 13.2. The standard InChI is InChI=1S/C33H34O12S/c1-38-21-6-14(7-22(39-2)27(21)34)25-16-9-19-20(43-13-42-19)10-17(16)31(18-12-40-32(37)26(18)25)44-23-8-15-11-41-33(24-4-3-5-46-24)45-30(15)29(36)28(23)35/h3-7,9-10,15,18,23,25-26,28-31,33-36H,8,11-13H2,1-2H3/t15?,18-,23?,25+,26?,28?,29?,30?,31+,33+/m0/s1. The fraction of sp³-hybridized carbons (Fsp3) is 0.485. The molecule has 2 aromatic carbocycles. The van der Waals surface area contributed by atoms with Crippen LogP contribution in [0.3, 0.4) is 0 Å². The van der Waals surface area contributed by atoms with Crippen LogP contribution in [-0.2, 0) is 23.7 Å². The van der Waals surface area contributed by atoms with E-state index < -0.39 is 60.5 Å². The molecule has 2 saturated heterocycles. The number of benzene rings is 2. The van der Waals surface area contributed by atoms with E-state index in [0.29, 0.717) is 30.1 Å². The lowest BCUT2D eigenvalue weighted by molar-refractivity contribution is -0.297. The summed E-state index contributed by atoms with van der Waals surface area (Å²) in [5.74, 6) is -0.960. The van der Waals surface area contributed by atoms with Crippen molar-refractivity contribution in [3.05, 3.63) is 63.3 Å². The Kier molecular flexibility index (Phi) is 7.50. The molecule has 0 amide bonds. The van der Waals surface area contributed by atoms with Gasteiger partial charge in [-0.05, 0) is 58.8 Å². The topological polar surface area (TPSA) is 152 Å². The molecule has 13 heteroatoms. The smallest absolute Gasteiger partial charge is 0.310 e. The molecule has 8 rings (SSSR count). The fourth-order valence-corrected chi connectivity index (χ4v) is 8.40. The Balaban J connectivity index is 1.16. The third kappa shape index (κ3) is 4.71. The Morgan fingerprint density at radius 3 is 2.37 bits per heavy atom. The summed E-state index contributed by atoms with van der Waals surface area (Å²) in [5.41, 5.74) is 2.17. The second-order valence-electron chi connectivity index (χ2n) is 12.3. The van der Waals surface area contributed by atoms with Gasteiger partial charge in [-0.1, -0.05) is 6.07 Å². The van der Waals surface area contributed by atoms with E-state index in [2.05, 4.69) is 0 Å². The molecule has 0 spiro atoms. The summed E-state index contributed by atoms with van der Waals surface area (Å²) in [6.45, 7) is 0.474. The van der Waals surface area contributed by atoms with Crippen molar-refractivity contribution in [2.75, 3.05) is 34.2 Å². The van der Waals surface area contributed by atoms with Crippen LogP contribution >= 0.6 is 11.3 Å². The highest BCUT2D eigenvalue weighted by Gasteiger charge is 2.55. The first kappa shape index (κ1) is 29.8. The number of esters is 1. The zero-order valence-corrected chi connectivity index (χ0v) is 25.9. The number of ether oxygens (including phenoxy) is 8. The maximum Gasteiger partial charge on any atom is 0.310 e. The van der Waals surface area contributed by atoms with Crippen molar-refractivity contribution in [3.63, 3.8) is 0 Å². The number of phenols is 1. The van der Waals surface area contributed by atoms with Crippen LogP contribution in [0.4, 0.5) is 0 Å². The van der Waals surface area contributed by atoms with Gasteiger partial charge < -0.3 is 53.2 Å². The minimum Gasteiger partial charge on any atom is -0.502 e. The normalized spacial score (nSPS) is 34.3. The molecule has 0 radical (unpaired) electrons. The molecular formula is C33H34O12S. The molecule has 46 heavy (non-hydrogen) atoms. The van der Waals surface area contributed by atoms with Crippen molar-refractivity contribution in [2.24, 2.45) is 17.8 Å². The van der Waals surface area contributed by atoms with Crippen molar-refractivity contribution < 1.29 is 58.0 Å². The van der Waals surface area contributed by atoms with Crippen LogP contribution in [0.1, 0.15) is 46.3 Å². The van der Waals surface area contributed by atoms with E-state index in [1.165, 1.54) is 25.6 Å². The average Bonchev–Trinajstić information content (AvgIpc) is 3.85. The second kappa shape index (κ2) is 11.6. The third-order valence-electron chi connectivity index (χ3n) is 9.89. The zero-order chi connectivity index (χ0) is 31.7. The lowest BCUT2D eigenvalue weighted by Gasteiger charge is -2.48. The molecule has 12 nitrogen and oxygen atoms in total. The van der Waals surface area contributed by atoms with Crippen LogP contribution in [0.2, 0.25) is 0 Å². The van der Waals surface area contributed by atoms with Gasteiger partial charge >= 0.3 is 5.97 Å². The number of cyclic esters (lactones) is 1. The SMILES string of the molecule is COc1cc([C@@H]2c3cc4c(cc3[C@@H](OC3CC5CO[C@@H](c6cccs6)OC5C(O)C3O)[C@H]3COC(=O)C23)OCO4)cc(OC)c1O. The first-order valence-corrected chi connectivity index (χ1v) is 16.1. The van der Waals surface area contributed by atoms with E-state index in [-0.39, 0.29) is 36.6 Å². The van der Waals surface area contributed by atoms with E-state index in [1.807, 2.05) is 29.6 Å². The number of hydrogen-bond donors (Lipinski definition) is 3. The molecule has 1 aromatic heterocycles. The number of aliphatic hydroxyl groups excluding tert-OH is 2. The van der Waals surface area contributed by atoms with Gasteiger partial charge in [0, 0.05) is 17.8 Å². The van der Waals surface area contributed by atoms with Crippen molar-refractivity contribution in [1.82, 2.24) is 0 Å². The number of phenolic OH excluding ortho intramolecular Hbond substituents is 1. The highest BCUT2D eigenvalue weighted by molar-refractivity contribution is 7.10. The van der Waals surface area contributed by atoms with Crippen LogP contribution < -0.4 is 18.9 Å². The van der Waals surface area contributed by atoms with Crippen molar-refractivity contribution in [1.29, 1.82) is 0 Å². The molecule has 4 heterocycles. The van der Waals surface area contributed by atoms with Crippen LogP contribution in [0.25, 0.3) is 0 Å². The van der Waals surface area contributed by atoms with Gasteiger partial charge in [-0.15, -0.1) is 11.3 Å². The molecular weight excluding hydrogens is 620 g/mol. The highest BCUT2D eigenvalue weighted by Crippen LogP contribution is 2.57. The van der Waals surface area contributed by atoms with Crippen molar-refractivity contribution in [3.8, 4) is 28.7 Å². The Morgan fingerprint density at radius 1 is 0.935 bits per heavy atom. The molecule has 2 aliphatic carbocycles. The predicted octanol–water partition coefficient (Wildman–Crippen LogP) is 3.42. The first-order valence-electron chi connectivity index (χ1n) is 15.2. The summed E-state index contributed by atoms with van der Waals surface area (Å²) in [6, 6.07) is 10.9. The average molecular weight is 655 g/mol. The number of carbonyl (C=O) groups is 1. The monoisotopic (exact) mass is 654 g/mol. The lowest BCUT2D eigenvalue weighted by Crippen LogP contribution is -2.58. The highest BCUT2D eigenvalue weighted by atomic mass is 32.1. The van der Waals surface area contributed by atoms with Gasteiger partial charge in [0.1, 0.15) is 12.2 Å². The number of carbonyl (C=O) groups excluding carboxylic acids is 1. The summed E-state index contributed by atoms with van der Waals surface area (Å²) in [6.07, 6.45) is -4.80. The van der Waals surface area contributed by atoms with Crippen LogP contribution in [0.5, 0.6) is 28.7 Å². The first-order chi connectivity index (χ1) is 22.4. The summed E-state index contributed by atoms with van der Waals surface area (Å²) >= 11 is 1.50. The molecule has 1 saturated carbocycles. The van der Waals surface area contributed by atoms with Gasteiger partial charge in [0.05, 0.1) is 56.5 Å². The minimum absolute atomic E-state index is 0.0488. The van der Waals surface area contributed by atoms with Gasteiger partial charge in [-0.2, -0.15) is 0 Å². The summed E-state index contributed by atoms with van der Waals surface area (Å²) in [5, 5.41) is 35.3. The molecule has 10 atom stereocenters. The summed E-state index contributed by atoms with van der Waals surface area (Å²) in [4.78, 5) is 14.4. The van der Waals surface area contributed by atoms with Gasteiger partial charge in [-0.25, -0.2) is 0 Å². The van der Waals surface area contributed by atoms with E-state index in [4.69, 9.17) is 37.9 Å². The Hall–Kier alpha value is -3.59. The van der Waals surface area contributed by atoms with Crippen LogP contribution in [-0.4, -0.2) is 79.9 Å². The summed E-state index contributed by atoms with van der Waals surface area (Å²) in [7, 11) is 2.89. The zero-order valence-electron chi connectivity index (χ0n) is 25.1. The van der Waals surface area contributed by atoms with E-state index in [0.717, 1.165) is 16.0 Å². The van der Waals surface area contributed by atoms with E-state index in [1.54, 1.807) is 12.1 Å². The van der Waals surface area contributed by atoms with Crippen molar-refractivity contribution >= 4 is 17.3 Å². The number of methoxy groups -OCH3 is 2. The lowest BCUT2D eigenvalue weighted by atomic mass is 9.66. The predicted molar refractivity (Wildman–Crippen MR) is 159 cm³/mol. The largest absolute Gasteiger partial charge is 0.502 e. The molecule has 3 aliphatic heterocycles. The number of thiophene rings is 1. The maximum atomic E-state index is 13.5. The Labute approximate surface area is 268 Å². The Morgan fingerprint density at radius 2 is 1.67 bits per heavy atom. The molecule has 6 unspecified atom stereocenters. The molecule has 0 bridgehead atoms. The number of aliphatic hydroxyl groups is 2. The third-order valence-corrected chi connectivity index (χ3v) is 10.8. The number of aromatic hydroxyl groups is 1. The van der Waals surface area contributed by atoms with E-state index in [9.17, 15) is 20.1 Å². The quantitative estimate of drug-likeness (QED) is 0.334. The molecule has 244 valence electrons. The van der Waals surface area contributed by atoms with Crippen LogP contribution in [0.15, 0.2) is 41.8 Å². The minimum atomic E-state index is -1.25. The number of rotatable bonds is 6. The number of hydrogen-bond acceptors (Lipinski definition) is 13. The molecule has 3 fully saturated rings.